The second kappa shape index (κ2) is 6.59. The summed E-state index contributed by atoms with van der Waals surface area (Å²) in [5, 5.41) is 11.7. The topological polar surface area (TPSA) is 58.6 Å². The SMILES string of the molecule is Cl.O=C(O)C1CC(OCc2ccccc2)CN1. The third-order valence-electron chi connectivity index (χ3n) is 2.72. The summed E-state index contributed by atoms with van der Waals surface area (Å²) in [6.07, 6.45) is 0.545. The van der Waals surface area contributed by atoms with E-state index in [1.165, 1.54) is 0 Å². The van der Waals surface area contributed by atoms with E-state index >= 15 is 0 Å². The van der Waals surface area contributed by atoms with Gasteiger partial charge in [-0.05, 0) is 5.56 Å². The normalized spacial score (nSPS) is 23.1. The molecule has 0 radical (unpaired) electrons. The summed E-state index contributed by atoms with van der Waals surface area (Å²) < 4.78 is 5.64. The Morgan fingerprint density at radius 1 is 1.41 bits per heavy atom. The van der Waals surface area contributed by atoms with Gasteiger partial charge in [-0.2, -0.15) is 0 Å². The first-order valence-electron chi connectivity index (χ1n) is 5.37. The molecular formula is C12H16ClNO3. The lowest BCUT2D eigenvalue weighted by atomic mass is 10.2. The monoisotopic (exact) mass is 257 g/mol. The molecule has 2 N–H and O–H groups in total. The number of benzene rings is 1. The van der Waals surface area contributed by atoms with Crippen molar-refractivity contribution in [3.63, 3.8) is 0 Å². The molecule has 94 valence electrons. The molecule has 0 saturated carbocycles. The van der Waals surface area contributed by atoms with Crippen molar-refractivity contribution < 1.29 is 14.6 Å². The number of nitrogens with one attached hydrogen (secondary N) is 1. The lowest BCUT2D eigenvalue weighted by molar-refractivity contribution is -0.139. The second-order valence-corrected chi connectivity index (χ2v) is 3.95. The first kappa shape index (κ1) is 14.0. The molecule has 17 heavy (non-hydrogen) atoms. The van der Waals surface area contributed by atoms with Crippen molar-refractivity contribution >= 4 is 18.4 Å². The van der Waals surface area contributed by atoms with E-state index in [1.807, 2.05) is 30.3 Å². The molecule has 1 saturated heterocycles. The summed E-state index contributed by atoms with van der Waals surface area (Å²) >= 11 is 0. The highest BCUT2D eigenvalue weighted by atomic mass is 35.5. The van der Waals surface area contributed by atoms with Crippen molar-refractivity contribution in [1.29, 1.82) is 0 Å². The van der Waals surface area contributed by atoms with Gasteiger partial charge in [0.1, 0.15) is 6.04 Å². The van der Waals surface area contributed by atoms with Crippen LogP contribution in [0.4, 0.5) is 0 Å². The number of hydrogen-bond donors (Lipinski definition) is 2. The molecule has 0 amide bonds. The van der Waals surface area contributed by atoms with E-state index < -0.39 is 12.0 Å². The molecule has 2 unspecified atom stereocenters. The lowest BCUT2D eigenvalue weighted by Crippen LogP contribution is -2.29. The van der Waals surface area contributed by atoms with Crippen LogP contribution in [-0.2, 0) is 16.1 Å². The summed E-state index contributed by atoms with van der Waals surface area (Å²) in [4.78, 5) is 10.7. The molecule has 5 heteroatoms. The van der Waals surface area contributed by atoms with Crippen molar-refractivity contribution in [2.75, 3.05) is 6.54 Å². The number of ether oxygens (including phenoxy) is 1. The van der Waals surface area contributed by atoms with Gasteiger partial charge in [0.2, 0.25) is 0 Å². The molecule has 0 aromatic heterocycles. The van der Waals surface area contributed by atoms with Crippen molar-refractivity contribution in [3.05, 3.63) is 35.9 Å². The number of carbonyl (C=O) groups is 1. The van der Waals surface area contributed by atoms with Gasteiger partial charge in [0.25, 0.3) is 0 Å². The molecule has 1 aliphatic heterocycles. The Kier molecular flexibility index (Phi) is 5.41. The van der Waals surface area contributed by atoms with E-state index in [0.717, 1.165) is 5.56 Å². The van der Waals surface area contributed by atoms with Crippen LogP contribution in [0.3, 0.4) is 0 Å². The fourth-order valence-corrected chi connectivity index (χ4v) is 1.81. The van der Waals surface area contributed by atoms with Crippen molar-refractivity contribution in [2.24, 2.45) is 0 Å². The van der Waals surface area contributed by atoms with E-state index in [1.54, 1.807) is 0 Å². The van der Waals surface area contributed by atoms with Crippen LogP contribution < -0.4 is 5.32 Å². The summed E-state index contributed by atoms with van der Waals surface area (Å²) in [5.74, 6) is -0.800. The van der Waals surface area contributed by atoms with Crippen LogP contribution in [0.2, 0.25) is 0 Å². The van der Waals surface area contributed by atoms with Crippen LogP contribution in [-0.4, -0.2) is 29.8 Å². The zero-order chi connectivity index (χ0) is 11.4. The molecule has 1 heterocycles. The van der Waals surface area contributed by atoms with Gasteiger partial charge in [0.15, 0.2) is 0 Å². The number of halogens is 1. The molecular weight excluding hydrogens is 242 g/mol. The van der Waals surface area contributed by atoms with Gasteiger partial charge < -0.3 is 15.2 Å². The van der Waals surface area contributed by atoms with E-state index in [2.05, 4.69) is 5.32 Å². The predicted molar refractivity (Wildman–Crippen MR) is 66.3 cm³/mol. The maximum absolute atomic E-state index is 10.7. The fraction of sp³-hybridized carbons (Fsp3) is 0.417. The molecule has 4 nitrogen and oxygen atoms in total. The fourth-order valence-electron chi connectivity index (χ4n) is 1.81. The largest absolute Gasteiger partial charge is 0.480 e. The van der Waals surface area contributed by atoms with Crippen molar-refractivity contribution in [1.82, 2.24) is 5.32 Å². The van der Waals surface area contributed by atoms with Crippen LogP contribution in [0.15, 0.2) is 30.3 Å². The maximum atomic E-state index is 10.7. The zero-order valence-electron chi connectivity index (χ0n) is 9.33. The third kappa shape index (κ3) is 4.00. The molecule has 1 fully saturated rings. The van der Waals surface area contributed by atoms with Gasteiger partial charge in [-0.25, -0.2) is 0 Å². The van der Waals surface area contributed by atoms with Gasteiger partial charge in [-0.1, -0.05) is 30.3 Å². The quantitative estimate of drug-likeness (QED) is 0.857. The maximum Gasteiger partial charge on any atom is 0.320 e. The molecule has 0 aliphatic carbocycles. The number of rotatable bonds is 4. The zero-order valence-corrected chi connectivity index (χ0v) is 10.2. The van der Waals surface area contributed by atoms with E-state index in [-0.39, 0.29) is 18.5 Å². The van der Waals surface area contributed by atoms with Gasteiger partial charge in [-0.3, -0.25) is 4.79 Å². The highest BCUT2D eigenvalue weighted by Crippen LogP contribution is 2.12. The average Bonchev–Trinajstić information content (AvgIpc) is 2.76. The van der Waals surface area contributed by atoms with Crippen LogP contribution in [0.25, 0.3) is 0 Å². The highest BCUT2D eigenvalue weighted by Gasteiger charge is 2.29. The van der Waals surface area contributed by atoms with Crippen LogP contribution in [0.1, 0.15) is 12.0 Å². The third-order valence-corrected chi connectivity index (χ3v) is 2.72. The second-order valence-electron chi connectivity index (χ2n) is 3.95. The molecule has 1 aliphatic rings. The Hall–Kier alpha value is -1.10. The molecule has 0 spiro atoms. The Bertz CT molecular complexity index is 358. The highest BCUT2D eigenvalue weighted by molar-refractivity contribution is 5.85. The van der Waals surface area contributed by atoms with E-state index in [0.29, 0.717) is 19.6 Å². The number of carboxylic acid groups (broad SMARTS) is 1. The Morgan fingerprint density at radius 3 is 2.71 bits per heavy atom. The van der Waals surface area contributed by atoms with Gasteiger partial charge in [-0.15, -0.1) is 12.4 Å². The molecule has 2 atom stereocenters. The van der Waals surface area contributed by atoms with Crippen LogP contribution >= 0.6 is 12.4 Å². The minimum Gasteiger partial charge on any atom is -0.480 e. The Morgan fingerprint density at radius 2 is 2.12 bits per heavy atom. The molecule has 0 bridgehead atoms. The van der Waals surface area contributed by atoms with Gasteiger partial charge in [0, 0.05) is 13.0 Å². The van der Waals surface area contributed by atoms with Crippen molar-refractivity contribution in [2.45, 2.75) is 25.2 Å². The van der Waals surface area contributed by atoms with E-state index in [4.69, 9.17) is 9.84 Å². The Labute approximate surface area is 106 Å². The molecule has 1 aromatic rings. The van der Waals surface area contributed by atoms with E-state index in [9.17, 15) is 4.79 Å². The smallest absolute Gasteiger partial charge is 0.320 e. The number of aliphatic carboxylic acids is 1. The minimum atomic E-state index is -0.800. The summed E-state index contributed by atoms with van der Waals surface area (Å²) in [5.41, 5.74) is 1.11. The first-order valence-corrected chi connectivity index (χ1v) is 5.37. The minimum absolute atomic E-state index is 0. The van der Waals surface area contributed by atoms with Crippen LogP contribution in [0.5, 0.6) is 0 Å². The summed E-state index contributed by atoms with van der Waals surface area (Å²) in [7, 11) is 0. The number of hydrogen-bond acceptors (Lipinski definition) is 3. The average molecular weight is 258 g/mol. The molecule has 2 rings (SSSR count). The number of carboxylic acids is 1. The molecule has 1 aromatic carbocycles. The van der Waals surface area contributed by atoms with Gasteiger partial charge in [0.05, 0.1) is 12.7 Å². The lowest BCUT2D eigenvalue weighted by Gasteiger charge is -2.10. The first-order chi connectivity index (χ1) is 7.75. The van der Waals surface area contributed by atoms with Crippen LogP contribution in [0, 0.1) is 0 Å². The standard InChI is InChI=1S/C12H15NO3.ClH/c14-12(15)11-6-10(7-13-11)16-8-9-4-2-1-3-5-9;/h1-5,10-11,13H,6-8H2,(H,14,15);1H. The van der Waals surface area contributed by atoms with Crippen molar-refractivity contribution in [3.8, 4) is 0 Å². The summed E-state index contributed by atoms with van der Waals surface area (Å²) in [6, 6.07) is 9.42. The van der Waals surface area contributed by atoms with Gasteiger partial charge >= 0.3 is 5.97 Å². The predicted octanol–water partition coefficient (Wildman–Crippen LogP) is 1.44. The Balaban J connectivity index is 0.00000144. The summed E-state index contributed by atoms with van der Waals surface area (Å²) in [6.45, 7) is 1.16.